The lowest BCUT2D eigenvalue weighted by atomic mass is 10.3. The Morgan fingerprint density at radius 1 is 1.33 bits per heavy atom. The number of halogens is 2. The van der Waals surface area contributed by atoms with Crippen molar-refractivity contribution in [2.45, 2.75) is 6.42 Å². The maximum absolute atomic E-state index is 11.5. The summed E-state index contributed by atoms with van der Waals surface area (Å²) in [4.78, 5) is 24.0. The van der Waals surface area contributed by atoms with Crippen molar-refractivity contribution in [3.8, 4) is 0 Å². The monoisotopic (exact) mass is 335 g/mol. The highest BCUT2D eigenvalue weighted by molar-refractivity contribution is 14.1. The molecule has 0 unspecified atom stereocenters. The van der Waals surface area contributed by atoms with Gasteiger partial charge in [0.1, 0.15) is 0 Å². The SMILES string of the molecule is O=C1CCN(c2ccc(I)cc2Cl)C1=O. The Hall–Kier alpha value is -0.620. The van der Waals surface area contributed by atoms with E-state index in [0.29, 0.717) is 17.3 Å². The Morgan fingerprint density at radius 2 is 2.07 bits per heavy atom. The molecule has 1 aromatic carbocycles. The molecule has 1 heterocycles. The van der Waals surface area contributed by atoms with E-state index in [1.807, 2.05) is 6.07 Å². The number of anilines is 1. The highest BCUT2D eigenvalue weighted by atomic mass is 127. The van der Waals surface area contributed by atoms with Gasteiger partial charge in [-0.05, 0) is 40.8 Å². The van der Waals surface area contributed by atoms with Crippen LogP contribution in [-0.4, -0.2) is 18.2 Å². The summed E-state index contributed by atoms with van der Waals surface area (Å²) in [5, 5.41) is 0.505. The third kappa shape index (κ3) is 2.01. The number of ketones is 1. The normalized spacial score (nSPS) is 16.3. The third-order valence-electron chi connectivity index (χ3n) is 2.25. The highest BCUT2D eigenvalue weighted by Crippen LogP contribution is 2.29. The van der Waals surface area contributed by atoms with Crippen LogP contribution in [0.3, 0.4) is 0 Å². The average molecular weight is 336 g/mol. The van der Waals surface area contributed by atoms with Crippen LogP contribution in [0.25, 0.3) is 0 Å². The van der Waals surface area contributed by atoms with Gasteiger partial charge < -0.3 is 4.90 Å². The van der Waals surface area contributed by atoms with Crippen molar-refractivity contribution in [1.82, 2.24) is 0 Å². The minimum absolute atomic E-state index is 0.279. The first-order valence-corrected chi connectivity index (χ1v) is 5.85. The highest BCUT2D eigenvalue weighted by Gasteiger charge is 2.31. The first-order valence-electron chi connectivity index (χ1n) is 4.39. The summed E-state index contributed by atoms with van der Waals surface area (Å²) in [6, 6.07) is 5.39. The van der Waals surface area contributed by atoms with Crippen molar-refractivity contribution >= 4 is 51.6 Å². The van der Waals surface area contributed by atoms with Crippen LogP contribution in [0.2, 0.25) is 5.02 Å². The van der Waals surface area contributed by atoms with Crippen LogP contribution >= 0.6 is 34.2 Å². The van der Waals surface area contributed by atoms with E-state index in [0.717, 1.165) is 3.57 Å². The maximum Gasteiger partial charge on any atom is 0.294 e. The zero-order valence-electron chi connectivity index (χ0n) is 7.67. The molecule has 0 atom stereocenters. The fraction of sp³-hybridized carbons (Fsp3) is 0.200. The number of amides is 1. The first-order chi connectivity index (χ1) is 7.09. The smallest absolute Gasteiger partial charge is 0.294 e. The Bertz CT molecular complexity index is 447. The fourth-order valence-electron chi connectivity index (χ4n) is 1.50. The van der Waals surface area contributed by atoms with Crippen molar-refractivity contribution in [2.24, 2.45) is 0 Å². The van der Waals surface area contributed by atoms with Crippen molar-refractivity contribution in [3.63, 3.8) is 0 Å². The van der Waals surface area contributed by atoms with Crippen molar-refractivity contribution in [3.05, 3.63) is 26.8 Å². The van der Waals surface area contributed by atoms with E-state index in [9.17, 15) is 9.59 Å². The van der Waals surface area contributed by atoms with Crippen molar-refractivity contribution in [1.29, 1.82) is 0 Å². The number of benzene rings is 1. The van der Waals surface area contributed by atoms with E-state index >= 15 is 0 Å². The molecule has 0 spiro atoms. The zero-order chi connectivity index (χ0) is 11.0. The quantitative estimate of drug-likeness (QED) is 0.583. The second-order valence-corrected chi connectivity index (χ2v) is 4.88. The minimum atomic E-state index is -0.460. The predicted octanol–water partition coefficient (Wildman–Crippen LogP) is 2.25. The summed E-state index contributed by atoms with van der Waals surface area (Å²) in [5.41, 5.74) is 0.618. The lowest BCUT2D eigenvalue weighted by Crippen LogP contribution is -2.27. The maximum atomic E-state index is 11.5. The van der Waals surface area contributed by atoms with E-state index < -0.39 is 5.91 Å². The molecule has 5 heteroatoms. The van der Waals surface area contributed by atoms with Crippen molar-refractivity contribution in [2.75, 3.05) is 11.4 Å². The molecule has 1 saturated heterocycles. The van der Waals surface area contributed by atoms with Gasteiger partial charge in [-0.3, -0.25) is 9.59 Å². The molecule has 1 fully saturated rings. The number of hydrogen-bond donors (Lipinski definition) is 0. The van der Waals surface area contributed by atoms with E-state index in [-0.39, 0.29) is 12.2 Å². The first kappa shape index (κ1) is 10.9. The van der Waals surface area contributed by atoms with Crippen LogP contribution in [0, 0.1) is 3.57 Å². The number of carbonyl (C=O) groups excluding carboxylic acids is 2. The molecule has 1 amide bonds. The summed E-state index contributed by atoms with van der Waals surface area (Å²) in [7, 11) is 0. The number of hydrogen-bond acceptors (Lipinski definition) is 2. The Balaban J connectivity index is 2.38. The molecule has 78 valence electrons. The van der Waals surface area contributed by atoms with Gasteiger partial charge in [0.15, 0.2) is 0 Å². The Kier molecular flexibility index (Phi) is 2.97. The largest absolute Gasteiger partial charge is 0.304 e. The molecule has 3 nitrogen and oxygen atoms in total. The fourth-order valence-corrected chi connectivity index (χ4v) is 2.46. The lowest BCUT2D eigenvalue weighted by Gasteiger charge is -2.16. The molecule has 2 rings (SSSR count). The summed E-state index contributed by atoms with van der Waals surface area (Å²) >= 11 is 8.15. The predicted molar refractivity (Wildman–Crippen MR) is 66.1 cm³/mol. The molecular formula is C10H7ClINO2. The molecule has 0 bridgehead atoms. The van der Waals surface area contributed by atoms with Gasteiger partial charge >= 0.3 is 0 Å². The zero-order valence-corrected chi connectivity index (χ0v) is 10.6. The summed E-state index contributed by atoms with van der Waals surface area (Å²) in [5.74, 6) is -0.803. The van der Waals surface area contributed by atoms with E-state index in [2.05, 4.69) is 22.6 Å². The van der Waals surface area contributed by atoms with Crippen LogP contribution in [0.1, 0.15) is 6.42 Å². The van der Waals surface area contributed by atoms with Crippen LogP contribution in [0.5, 0.6) is 0 Å². The van der Waals surface area contributed by atoms with Gasteiger partial charge in [-0.1, -0.05) is 11.6 Å². The third-order valence-corrected chi connectivity index (χ3v) is 3.22. The average Bonchev–Trinajstić information content (AvgIpc) is 2.49. The minimum Gasteiger partial charge on any atom is -0.304 e. The van der Waals surface area contributed by atoms with Gasteiger partial charge in [-0.2, -0.15) is 0 Å². The second-order valence-electron chi connectivity index (χ2n) is 3.23. The van der Waals surface area contributed by atoms with Gasteiger partial charge in [0.05, 0.1) is 10.7 Å². The Morgan fingerprint density at radius 3 is 2.60 bits per heavy atom. The van der Waals surface area contributed by atoms with Gasteiger partial charge in [0, 0.05) is 16.5 Å². The molecule has 15 heavy (non-hydrogen) atoms. The molecule has 1 aliphatic rings. The molecule has 1 aliphatic heterocycles. The van der Waals surface area contributed by atoms with Gasteiger partial charge in [0.2, 0.25) is 5.78 Å². The number of nitrogens with zero attached hydrogens (tertiary/aromatic N) is 1. The topological polar surface area (TPSA) is 37.4 Å². The van der Waals surface area contributed by atoms with E-state index in [1.54, 1.807) is 12.1 Å². The molecular weight excluding hydrogens is 328 g/mol. The van der Waals surface area contributed by atoms with E-state index in [4.69, 9.17) is 11.6 Å². The number of carbonyl (C=O) groups is 2. The van der Waals surface area contributed by atoms with Crippen LogP contribution < -0.4 is 4.90 Å². The molecule has 0 aliphatic carbocycles. The van der Waals surface area contributed by atoms with Crippen LogP contribution in [-0.2, 0) is 9.59 Å². The standard InChI is InChI=1S/C10H7ClINO2/c11-7-5-6(12)1-2-8(7)13-4-3-9(14)10(13)15/h1-2,5H,3-4H2. The molecule has 1 aromatic rings. The lowest BCUT2D eigenvalue weighted by molar-refractivity contribution is -0.133. The van der Waals surface area contributed by atoms with Crippen LogP contribution in [0.15, 0.2) is 18.2 Å². The Labute approximate surface area is 106 Å². The summed E-state index contributed by atoms with van der Waals surface area (Å²) in [6.07, 6.45) is 0.279. The summed E-state index contributed by atoms with van der Waals surface area (Å²) in [6.45, 7) is 0.429. The molecule has 0 aromatic heterocycles. The second kappa shape index (κ2) is 4.09. The van der Waals surface area contributed by atoms with Crippen LogP contribution in [0.4, 0.5) is 5.69 Å². The van der Waals surface area contributed by atoms with E-state index in [1.165, 1.54) is 4.90 Å². The molecule has 0 N–H and O–H groups in total. The molecule has 0 saturated carbocycles. The summed E-state index contributed by atoms with van der Waals surface area (Å²) < 4.78 is 0.999. The van der Waals surface area contributed by atoms with Gasteiger partial charge in [0.25, 0.3) is 5.91 Å². The van der Waals surface area contributed by atoms with Gasteiger partial charge in [-0.15, -0.1) is 0 Å². The van der Waals surface area contributed by atoms with Crippen molar-refractivity contribution < 1.29 is 9.59 Å². The molecule has 0 radical (unpaired) electrons. The van der Waals surface area contributed by atoms with Gasteiger partial charge in [-0.25, -0.2) is 0 Å². The number of Topliss-reactive ketones (excluding diaryl/α,β-unsaturated/α-hetero) is 1. The number of rotatable bonds is 1.